The number of aromatic hydroxyl groups is 1. The third-order valence-electron chi connectivity index (χ3n) is 3.20. The van der Waals surface area contributed by atoms with Crippen LogP contribution in [0.3, 0.4) is 0 Å². The zero-order chi connectivity index (χ0) is 16.3. The van der Waals surface area contributed by atoms with Crippen molar-refractivity contribution in [3.05, 3.63) is 47.0 Å². The molecule has 0 aromatic heterocycles. The molecule has 0 radical (unpaired) electrons. The molecule has 0 heterocycles. The fourth-order valence-corrected chi connectivity index (χ4v) is 2.17. The van der Waals surface area contributed by atoms with E-state index in [-0.39, 0.29) is 11.3 Å². The quantitative estimate of drug-likeness (QED) is 0.694. The molecule has 2 aromatic carbocycles. The van der Waals surface area contributed by atoms with Gasteiger partial charge < -0.3 is 19.3 Å². The van der Waals surface area contributed by atoms with Crippen molar-refractivity contribution < 1.29 is 24.1 Å². The number of ether oxygens (including phenoxy) is 3. The fourth-order valence-electron chi connectivity index (χ4n) is 2.17. The normalized spacial score (nSPS) is 10.2. The number of carbonyl (C=O) groups excluding carboxylic acids is 1. The highest BCUT2D eigenvalue weighted by Crippen LogP contribution is 2.29. The SMILES string of the molecule is COc1cc(C)cc(OC(=O)c2c(C)cc(OC)cc2O)c1. The monoisotopic (exact) mass is 302 g/mol. The summed E-state index contributed by atoms with van der Waals surface area (Å²) in [7, 11) is 3.03. The van der Waals surface area contributed by atoms with Gasteiger partial charge in [0.25, 0.3) is 0 Å². The van der Waals surface area contributed by atoms with Crippen LogP contribution in [-0.2, 0) is 0 Å². The van der Waals surface area contributed by atoms with Gasteiger partial charge in [-0.2, -0.15) is 0 Å². The van der Waals surface area contributed by atoms with Crippen LogP contribution in [0.5, 0.6) is 23.0 Å². The second-order valence-corrected chi connectivity index (χ2v) is 4.91. The van der Waals surface area contributed by atoms with Crippen LogP contribution in [0.4, 0.5) is 0 Å². The van der Waals surface area contributed by atoms with Crippen LogP contribution in [-0.4, -0.2) is 25.3 Å². The fraction of sp³-hybridized carbons (Fsp3) is 0.235. The van der Waals surface area contributed by atoms with E-state index in [1.807, 2.05) is 13.0 Å². The van der Waals surface area contributed by atoms with Crippen molar-refractivity contribution in [1.82, 2.24) is 0 Å². The Hall–Kier alpha value is -2.69. The van der Waals surface area contributed by atoms with Crippen molar-refractivity contribution in [3.63, 3.8) is 0 Å². The molecule has 0 fully saturated rings. The van der Waals surface area contributed by atoms with Gasteiger partial charge in [0.2, 0.25) is 0 Å². The maximum atomic E-state index is 12.3. The Morgan fingerprint density at radius 2 is 1.50 bits per heavy atom. The molecule has 0 unspecified atom stereocenters. The van der Waals surface area contributed by atoms with Gasteiger partial charge in [0.1, 0.15) is 28.6 Å². The summed E-state index contributed by atoms with van der Waals surface area (Å²) in [5.41, 5.74) is 1.58. The highest BCUT2D eigenvalue weighted by atomic mass is 16.5. The second-order valence-electron chi connectivity index (χ2n) is 4.91. The number of hydrogen-bond acceptors (Lipinski definition) is 5. The Kier molecular flexibility index (Phi) is 4.56. The van der Waals surface area contributed by atoms with Gasteiger partial charge in [-0.3, -0.25) is 0 Å². The van der Waals surface area contributed by atoms with E-state index >= 15 is 0 Å². The first-order chi connectivity index (χ1) is 10.4. The molecular formula is C17H18O5. The van der Waals surface area contributed by atoms with Crippen LogP contribution in [0.15, 0.2) is 30.3 Å². The number of phenolic OH excluding ortho intramolecular Hbond substituents is 1. The summed E-state index contributed by atoms with van der Waals surface area (Å²) in [6, 6.07) is 8.19. The number of rotatable bonds is 4. The van der Waals surface area contributed by atoms with Crippen LogP contribution in [0.2, 0.25) is 0 Å². The molecule has 0 bridgehead atoms. The molecule has 116 valence electrons. The van der Waals surface area contributed by atoms with E-state index < -0.39 is 5.97 Å². The number of carbonyl (C=O) groups is 1. The van der Waals surface area contributed by atoms with Gasteiger partial charge in [-0.25, -0.2) is 4.79 Å². The van der Waals surface area contributed by atoms with Crippen molar-refractivity contribution in [2.45, 2.75) is 13.8 Å². The Bertz CT molecular complexity index is 683. The summed E-state index contributed by atoms with van der Waals surface area (Å²) >= 11 is 0. The van der Waals surface area contributed by atoms with E-state index in [0.717, 1.165) is 5.56 Å². The number of esters is 1. The van der Waals surface area contributed by atoms with E-state index in [9.17, 15) is 9.90 Å². The van der Waals surface area contributed by atoms with E-state index in [4.69, 9.17) is 14.2 Å². The molecule has 5 nitrogen and oxygen atoms in total. The number of phenols is 1. The molecule has 0 aliphatic rings. The lowest BCUT2D eigenvalue weighted by Crippen LogP contribution is -2.11. The van der Waals surface area contributed by atoms with Gasteiger partial charge >= 0.3 is 5.97 Å². The maximum Gasteiger partial charge on any atom is 0.347 e. The zero-order valence-electron chi connectivity index (χ0n) is 13.0. The van der Waals surface area contributed by atoms with Gasteiger partial charge in [-0.1, -0.05) is 0 Å². The highest BCUT2D eigenvalue weighted by Gasteiger charge is 2.18. The first-order valence-electron chi connectivity index (χ1n) is 6.70. The molecule has 0 saturated heterocycles. The summed E-state index contributed by atoms with van der Waals surface area (Å²) in [6.45, 7) is 3.58. The Morgan fingerprint density at radius 1 is 0.909 bits per heavy atom. The molecule has 2 aromatic rings. The van der Waals surface area contributed by atoms with Gasteiger partial charge in [-0.05, 0) is 43.2 Å². The molecule has 0 amide bonds. The topological polar surface area (TPSA) is 65.0 Å². The first kappa shape index (κ1) is 15.7. The summed E-state index contributed by atoms with van der Waals surface area (Å²) in [6.07, 6.45) is 0. The molecule has 1 N–H and O–H groups in total. The molecule has 0 saturated carbocycles. The van der Waals surface area contributed by atoms with Crippen molar-refractivity contribution in [1.29, 1.82) is 0 Å². The molecular weight excluding hydrogens is 284 g/mol. The van der Waals surface area contributed by atoms with Gasteiger partial charge in [-0.15, -0.1) is 0 Å². The zero-order valence-corrected chi connectivity index (χ0v) is 13.0. The summed E-state index contributed by atoms with van der Waals surface area (Å²) in [4.78, 5) is 12.3. The molecule has 0 aliphatic carbocycles. The van der Waals surface area contributed by atoms with Gasteiger partial charge in [0.15, 0.2) is 0 Å². The van der Waals surface area contributed by atoms with Crippen LogP contribution in [0.1, 0.15) is 21.5 Å². The minimum atomic E-state index is -0.634. The van der Waals surface area contributed by atoms with Gasteiger partial charge in [0.05, 0.1) is 14.2 Å². The van der Waals surface area contributed by atoms with E-state index in [2.05, 4.69) is 0 Å². The average Bonchev–Trinajstić information content (AvgIpc) is 2.45. The number of hydrogen-bond donors (Lipinski definition) is 1. The smallest absolute Gasteiger partial charge is 0.347 e. The van der Waals surface area contributed by atoms with E-state index in [0.29, 0.717) is 22.8 Å². The predicted octanol–water partition coefficient (Wildman–Crippen LogP) is 3.25. The number of methoxy groups -OCH3 is 2. The first-order valence-corrected chi connectivity index (χ1v) is 6.70. The summed E-state index contributed by atoms with van der Waals surface area (Å²) < 4.78 is 15.5. The van der Waals surface area contributed by atoms with Crippen LogP contribution < -0.4 is 14.2 Å². The predicted molar refractivity (Wildman–Crippen MR) is 82.1 cm³/mol. The number of aryl methyl sites for hydroxylation is 2. The third-order valence-corrected chi connectivity index (χ3v) is 3.20. The lowest BCUT2D eigenvalue weighted by Gasteiger charge is -2.11. The lowest BCUT2D eigenvalue weighted by molar-refractivity contribution is 0.0730. The van der Waals surface area contributed by atoms with Crippen molar-refractivity contribution in [3.8, 4) is 23.0 Å². The van der Waals surface area contributed by atoms with E-state index in [1.165, 1.54) is 13.2 Å². The van der Waals surface area contributed by atoms with Crippen LogP contribution >= 0.6 is 0 Å². The second kappa shape index (κ2) is 6.39. The summed E-state index contributed by atoms with van der Waals surface area (Å²) in [5, 5.41) is 10.0. The molecule has 5 heteroatoms. The molecule has 0 spiro atoms. The third kappa shape index (κ3) is 3.31. The Morgan fingerprint density at radius 3 is 2.09 bits per heavy atom. The van der Waals surface area contributed by atoms with Crippen LogP contribution in [0.25, 0.3) is 0 Å². The van der Waals surface area contributed by atoms with Crippen molar-refractivity contribution in [2.24, 2.45) is 0 Å². The number of benzene rings is 2. The largest absolute Gasteiger partial charge is 0.507 e. The minimum absolute atomic E-state index is 0.112. The molecule has 22 heavy (non-hydrogen) atoms. The van der Waals surface area contributed by atoms with Crippen molar-refractivity contribution >= 4 is 5.97 Å². The molecule has 0 aliphatic heterocycles. The lowest BCUT2D eigenvalue weighted by atomic mass is 10.1. The highest BCUT2D eigenvalue weighted by molar-refractivity contribution is 5.95. The Labute approximate surface area is 129 Å². The molecule has 2 rings (SSSR count). The molecule has 0 atom stereocenters. The Balaban J connectivity index is 2.32. The minimum Gasteiger partial charge on any atom is -0.507 e. The standard InChI is InChI=1S/C17H18O5/c1-10-5-12(20-3)8-14(6-10)22-17(19)16-11(2)7-13(21-4)9-15(16)18/h5-9,18H,1-4H3. The average molecular weight is 302 g/mol. The maximum absolute atomic E-state index is 12.3. The summed E-state index contributed by atoms with van der Waals surface area (Å²) in [5.74, 6) is 0.616. The van der Waals surface area contributed by atoms with Crippen LogP contribution in [0, 0.1) is 13.8 Å². The van der Waals surface area contributed by atoms with E-state index in [1.54, 1.807) is 32.2 Å². The van der Waals surface area contributed by atoms with Crippen molar-refractivity contribution in [2.75, 3.05) is 14.2 Å². The van der Waals surface area contributed by atoms with Gasteiger partial charge in [0, 0.05) is 12.1 Å².